The van der Waals surface area contributed by atoms with Crippen molar-refractivity contribution in [1.82, 2.24) is 10.6 Å². The predicted octanol–water partition coefficient (Wildman–Crippen LogP) is 9.55. The summed E-state index contributed by atoms with van der Waals surface area (Å²) in [4.78, 5) is 25.0. The number of aliphatic hydroxyl groups is 2. The summed E-state index contributed by atoms with van der Waals surface area (Å²) in [6.45, 7) is 10.4. The number of hydrogen-bond acceptors (Lipinski definition) is 4. The van der Waals surface area contributed by atoms with E-state index >= 15 is 0 Å². The van der Waals surface area contributed by atoms with Crippen LogP contribution < -0.4 is 10.6 Å². The highest BCUT2D eigenvalue weighted by Crippen LogP contribution is 2.68. The molecule has 292 valence electrons. The van der Waals surface area contributed by atoms with Gasteiger partial charge in [-0.2, -0.15) is 0 Å². The zero-order valence-corrected chi connectivity index (χ0v) is 33.2. The first-order chi connectivity index (χ1) is 25.1. The Morgan fingerprint density at radius 1 is 0.712 bits per heavy atom. The molecule has 2 amide bonds. The lowest BCUT2D eigenvalue weighted by Gasteiger charge is -2.62. The quantitative estimate of drug-likeness (QED) is 0.0745. The lowest BCUT2D eigenvalue weighted by molar-refractivity contribution is -0.174. The molecule has 0 aliphatic heterocycles. The van der Waals surface area contributed by atoms with Gasteiger partial charge in [-0.05, 0) is 149 Å². The lowest BCUT2D eigenvalue weighted by Crippen LogP contribution is -2.58. The number of carbonyl (C=O) groups excluding carboxylic acids is 2. The number of allylic oxidation sites excluding steroid dienone is 10. The highest BCUT2D eigenvalue weighted by Gasteiger charge is 2.62. The molecule has 4 aliphatic carbocycles. The van der Waals surface area contributed by atoms with E-state index in [0.29, 0.717) is 61.4 Å². The number of fused-ring (bicyclic) bond motifs is 5. The van der Waals surface area contributed by atoms with Crippen LogP contribution in [0.2, 0.25) is 0 Å². The van der Waals surface area contributed by atoms with Crippen LogP contribution in [0.1, 0.15) is 143 Å². The molecule has 1 unspecified atom stereocenters. The van der Waals surface area contributed by atoms with Crippen LogP contribution in [-0.4, -0.2) is 47.3 Å². The largest absolute Gasteiger partial charge is 0.393 e. The molecule has 0 bridgehead atoms. The third-order valence-electron chi connectivity index (χ3n) is 13.9. The second-order valence-corrected chi connectivity index (χ2v) is 17.3. The monoisotopic (exact) mass is 719 g/mol. The summed E-state index contributed by atoms with van der Waals surface area (Å²) in [5, 5.41) is 27.9. The van der Waals surface area contributed by atoms with Crippen LogP contribution >= 0.6 is 0 Å². The average Bonchev–Trinajstić information content (AvgIpc) is 3.48. The van der Waals surface area contributed by atoms with E-state index in [4.69, 9.17) is 0 Å². The minimum atomic E-state index is -0.248. The molecule has 4 rings (SSSR count). The SMILES string of the molecule is CCC=CCC=CCC=CCC=CCC=CCCCC(=O)NCCNC(=O)CC[C@@H](C)C1CC[C@H]2[C@@H]3[C@H](O)C[C@@H]4C[C@H](O)CC[C@]4(C)[C@H]3CC[C@]12C. The average molecular weight is 719 g/mol. The molecule has 4 saturated carbocycles. The minimum Gasteiger partial charge on any atom is -0.393 e. The number of unbranched alkanes of at least 4 members (excludes halogenated alkanes) is 1. The van der Waals surface area contributed by atoms with Gasteiger partial charge in [0.1, 0.15) is 0 Å². The number of rotatable bonds is 20. The number of nitrogens with one attached hydrogen (secondary N) is 2. The van der Waals surface area contributed by atoms with E-state index in [1.807, 2.05) is 0 Å². The molecule has 0 aromatic heterocycles. The standard InChI is InChI=1S/C46H74N2O4/c1-5-6-7-8-9-10-11-12-13-14-15-16-17-18-19-20-21-22-42(51)47-31-32-48-43(52)26-23-35(2)38-24-25-39-44-40(28-30-46(38,39)4)45(3)29-27-37(49)33-36(45)34-41(44)50/h6-7,9-10,12-13,15-16,18-19,35-41,44,49-50H,5,8,11,14,17,20-34H2,1-4H3,(H,47,51)(H,48,52)/t35-,36+,37-,38?,39+,40+,41-,44+,45+,46-/m1/s1. The number of aliphatic hydroxyl groups excluding tert-OH is 2. The Bertz CT molecular complexity index is 1250. The molecule has 52 heavy (non-hydrogen) atoms. The van der Waals surface area contributed by atoms with Gasteiger partial charge in [0.25, 0.3) is 0 Å². The fourth-order valence-electron chi connectivity index (χ4n) is 11.1. The molecular formula is C46H74N2O4. The molecule has 10 atom stereocenters. The van der Waals surface area contributed by atoms with Crippen molar-refractivity contribution >= 4 is 11.8 Å². The molecule has 0 aromatic rings. The van der Waals surface area contributed by atoms with Crippen LogP contribution in [0.4, 0.5) is 0 Å². The van der Waals surface area contributed by atoms with Crippen LogP contribution in [0, 0.1) is 46.3 Å². The molecule has 0 radical (unpaired) electrons. The molecule has 0 saturated heterocycles. The third kappa shape index (κ3) is 11.8. The van der Waals surface area contributed by atoms with Gasteiger partial charge in [0.15, 0.2) is 0 Å². The molecular weight excluding hydrogens is 645 g/mol. The Kier molecular flexibility index (Phi) is 17.5. The van der Waals surface area contributed by atoms with Crippen LogP contribution in [0.25, 0.3) is 0 Å². The summed E-state index contributed by atoms with van der Waals surface area (Å²) in [7, 11) is 0. The lowest BCUT2D eigenvalue weighted by atomic mass is 9.43. The third-order valence-corrected chi connectivity index (χ3v) is 13.9. The summed E-state index contributed by atoms with van der Waals surface area (Å²) in [6.07, 6.45) is 38.6. The van der Waals surface area contributed by atoms with Gasteiger partial charge in [0.05, 0.1) is 12.2 Å². The first-order valence-corrected chi connectivity index (χ1v) is 21.2. The molecule has 4 N–H and O–H groups in total. The number of amides is 2. The van der Waals surface area contributed by atoms with Crippen molar-refractivity contribution < 1.29 is 19.8 Å². The maximum absolute atomic E-state index is 12.7. The van der Waals surface area contributed by atoms with E-state index in [1.165, 1.54) is 25.7 Å². The van der Waals surface area contributed by atoms with Crippen molar-refractivity contribution in [3.05, 3.63) is 60.8 Å². The van der Waals surface area contributed by atoms with Gasteiger partial charge >= 0.3 is 0 Å². The van der Waals surface area contributed by atoms with Crippen LogP contribution in [0.15, 0.2) is 60.8 Å². The molecule has 6 nitrogen and oxygen atoms in total. The van der Waals surface area contributed by atoms with Gasteiger partial charge in [0.2, 0.25) is 11.8 Å². The zero-order valence-electron chi connectivity index (χ0n) is 33.2. The maximum atomic E-state index is 12.7. The Hall–Kier alpha value is -2.44. The first kappa shape index (κ1) is 42.3. The van der Waals surface area contributed by atoms with E-state index in [0.717, 1.165) is 77.0 Å². The van der Waals surface area contributed by atoms with Gasteiger partial charge in [-0.1, -0.05) is 88.5 Å². The molecule has 6 heteroatoms. The molecule has 4 fully saturated rings. The fraction of sp³-hybridized carbons (Fsp3) is 0.739. The predicted molar refractivity (Wildman–Crippen MR) is 215 cm³/mol. The van der Waals surface area contributed by atoms with Crippen molar-refractivity contribution in [3.63, 3.8) is 0 Å². The van der Waals surface area contributed by atoms with Crippen LogP contribution in [-0.2, 0) is 9.59 Å². The van der Waals surface area contributed by atoms with Crippen LogP contribution in [0.5, 0.6) is 0 Å². The van der Waals surface area contributed by atoms with E-state index in [2.05, 4.69) is 99.1 Å². The van der Waals surface area contributed by atoms with Crippen molar-refractivity contribution in [3.8, 4) is 0 Å². The Balaban J connectivity index is 1.03. The zero-order chi connectivity index (χ0) is 37.4. The highest BCUT2D eigenvalue weighted by molar-refractivity contribution is 5.77. The van der Waals surface area contributed by atoms with Crippen molar-refractivity contribution in [2.24, 2.45) is 46.3 Å². The smallest absolute Gasteiger partial charge is 0.220 e. The van der Waals surface area contributed by atoms with Gasteiger partial charge in [-0.15, -0.1) is 0 Å². The summed E-state index contributed by atoms with van der Waals surface area (Å²) in [6, 6.07) is 0. The summed E-state index contributed by atoms with van der Waals surface area (Å²) in [5.41, 5.74) is 0.482. The topological polar surface area (TPSA) is 98.7 Å². The molecule has 4 aliphatic rings. The number of hydrogen-bond donors (Lipinski definition) is 4. The van der Waals surface area contributed by atoms with Crippen molar-refractivity contribution in [1.29, 1.82) is 0 Å². The van der Waals surface area contributed by atoms with E-state index in [1.54, 1.807) is 0 Å². The molecule has 0 heterocycles. The Morgan fingerprint density at radius 3 is 1.90 bits per heavy atom. The summed E-state index contributed by atoms with van der Waals surface area (Å²) in [5.74, 6) is 3.12. The summed E-state index contributed by atoms with van der Waals surface area (Å²) < 4.78 is 0. The van der Waals surface area contributed by atoms with Gasteiger partial charge in [-0.25, -0.2) is 0 Å². The van der Waals surface area contributed by atoms with Crippen molar-refractivity contribution in [2.45, 2.75) is 155 Å². The molecule has 0 aromatic carbocycles. The van der Waals surface area contributed by atoms with E-state index in [-0.39, 0.29) is 34.9 Å². The fourth-order valence-corrected chi connectivity index (χ4v) is 11.1. The minimum absolute atomic E-state index is 0.0441. The normalized spacial score (nSPS) is 33.9. The second kappa shape index (κ2) is 21.4. The molecule has 0 spiro atoms. The maximum Gasteiger partial charge on any atom is 0.220 e. The van der Waals surface area contributed by atoms with Gasteiger partial charge in [0, 0.05) is 25.9 Å². The van der Waals surface area contributed by atoms with Gasteiger partial charge in [-0.3, -0.25) is 9.59 Å². The second-order valence-electron chi connectivity index (χ2n) is 17.3. The van der Waals surface area contributed by atoms with E-state index < -0.39 is 0 Å². The Morgan fingerprint density at radius 2 is 1.27 bits per heavy atom. The van der Waals surface area contributed by atoms with Gasteiger partial charge < -0.3 is 20.8 Å². The summed E-state index contributed by atoms with van der Waals surface area (Å²) >= 11 is 0. The Labute approximate surface area is 317 Å². The van der Waals surface area contributed by atoms with Crippen LogP contribution in [0.3, 0.4) is 0 Å². The first-order valence-electron chi connectivity index (χ1n) is 21.2. The number of carbonyl (C=O) groups is 2. The van der Waals surface area contributed by atoms with E-state index in [9.17, 15) is 19.8 Å². The van der Waals surface area contributed by atoms with Crippen molar-refractivity contribution in [2.75, 3.05) is 13.1 Å². The highest BCUT2D eigenvalue weighted by atomic mass is 16.3.